The van der Waals surface area contributed by atoms with E-state index in [-0.39, 0.29) is 0 Å². The van der Waals surface area contributed by atoms with Crippen molar-refractivity contribution in [1.82, 2.24) is 19.9 Å². The molecule has 0 saturated carbocycles. The molecule has 0 radical (unpaired) electrons. The summed E-state index contributed by atoms with van der Waals surface area (Å²) in [7, 11) is 0. The predicted octanol–water partition coefficient (Wildman–Crippen LogP) is 2.44. The number of hydrogen-bond acceptors (Lipinski definition) is 6. The second kappa shape index (κ2) is 6.50. The van der Waals surface area contributed by atoms with E-state index in [1.807, 2.05) is 37.3 Å². The van der Waals surface area contributed by atoms with Crippen molar-refractivity contribution < 1.29 is 4.79 Å². The summed E-state index contributed by atoms with van der Waals surface area (Å²) in [5.74, 6) is 6.10. The van der Waals surface area contributed by atoms with E-state index in [1.165, 1.54) is 5.01 Å². The van der Waals surface area contributed by atoms with Crippen LogP contribution in [-0.4, -0.2) is 25.8 Å². The highest BCUT2D eigenvalue weighted by atomic mass is 16.1. The minimum atomic E-state index is -0.511. The van der Waals surface area contributed by atoms with Crippen molar-refractivity contribution in [3.05, 3.63) is 66.1 Å². The van der Waals surface area contributed by atoms with Crippen LogP contribution in [-0.2, 0) is 0 Å². The zero-order chi connectivity index (χ0) is 19.0. The minimum absolute atomic E-state index is 0.336. The average Bonchev–Trinajstić information content (AvgIpc) is 3.13. The first kappa shape index (κ1) is 16.7. The van der Waals surface area contributed by atoms with Crippen molar-refractivity contribution in [2.24, 2.45) is 11.6 Å². The van der Waals surface area contributed by atoms with Gasteiger partial charge in [0.1, 0.15) is 5.69 Å². The Morgan fingerprint density at radius 1 is 1.07 bits per heavy atom. The number of hydrogen-bond donors (Lipinski definition) is 3. The summed E-state index contributed by atoms with van der Waals surface area (Å²) < 4.78 is 0. The number of nitrogens with two attached hydrogens (primary N) is 2. The van der Waals surface area contributed by atoms with Gasteiger partial charge in [-0.2, -0.15) is 0 Å². The smallest absolute Gasteiger partial charge is 0.265 e. The Hall–Kier alpha value is -3.78. The molecule has 0 aliphatic rings. The van der Waals surface area contributed by atoms with E-state index in [4.69, 9.17) is 11.6 Å². The number of nitrogens with zero attached hydrogens (tertiary/aromatic N) is 4. The van der Waals surface area contributed by atoms with Gasteiger partial charge in [0.2, 0.25) is 5.95 Å². The zero-order valence-corrected chi connectivity index (χ0v) is 14.5. The molecule has 0 saturated heterocycles. The molecule has 1 amide bonds. The molecule has 0 fully saturated rings. The van der Waals surface area contributed by atoms with Crippen molar-refractivity contribution >= 4 is 28.4 Å². The summed E-state index contributed by atoms with van der Waals surface area (Å²) in [6.45, 7) is 1.92. The monoisotopic (exact) mass is 359 g/mol. The van der Waals surface area contributed by atoms with Gasteiger partial charge in [0, 0.05) is 23.3 Å². The van der Waals surface area contributed by atoms with Crippen LogP contribution in [0, 0.1) is 6.92 Å². The molecule has 0 unspecified atom stereocenters. The van der Waals surface area contributed by atoms with Crippen LogP contribution >= 0.6 is 0 Å². The second-order valence-electron chi connectivity index (χ2n) is 6.10. The molecular formula is C19H17N7O. The zero-order valence-electron chi connectivity index (χ0n) is 14.5. The summed E-state index contributed by atoms with van der Waals surface area (Å²) in [5.41, 5.74) is 9.56. The number of fused-ring (bicyclic) bond motifs is 1. The Kier molecular flexibility index (Phi) is 4.02. The lowest BCUT2D eigenvalue weighted by atomic mass is 10.1. The van der Waals surface area contributed by atoms with Gasteiger partial charge in [-0.3, -0.25) is 9.78 Å². The highest BCUT2D eigenvalue weighted by Crippen LogP contribution is 2.28. The van der Waals surface area contributed by atoms with Gasteiger partial charge in [0.05, 0.1) is 17.1 Å². The van der Waals surface area contributed by atoms with Crippen LogP contribution < -0.4 is 16.6 Å². The second-order valence-corrected chi connectivity index (χ2v) is 6.10. The molecule has 4 rings (SSSR count). The molecule has 4 aromatic rings. The maximum absolute atomic E-state index is 11.4. The highest BCUT2D eigenvalue weighted by Gasteiger charge is 2.14. The third-order valence-corrected chi connectivity index (χ3v) is 4.24. The average molecular weight is 359 g/mol. The first-order valence-corrected chi connectivity index (χ1v) is 8.25. The van der Waals surface area contributed by atoms with Gasteiger partial charge >= 0.3 is 0 Å². The van der Waals surface area contributed by atoms with Gasteiger partial charge < -0.3 is 10.7 Å². The van der Waals surface area contributed by atoms with Gasteiger partial charge in [-0.1, -0.05) is 6.07 Å². The number of aromatic amines is 1. The van der Waals surface area contributed by atoms with Crippen LogP contribution in [0.1, 0.15) is 16.1 Å². The van der Waals surface area contributed by atoms with Crippen LogP contribution in [0.4, 0.5) is 11.6 Å². The first-order chi connectivity index (χ1) is 13.0. The minimum Gasteiger partial charge on any atom is -0.364 e. The summed E-state index contributed by atoms with van der Waals surface area (Å²) in [4.78, 5) is 27.5. The summed E-state index contributed by atoms with van der Waals surface area (Å²) in [6, 6.07) is 12.8. The Labute approximate surface area is 154 Å². The van der Waals surface area contributed by atoms with Crippen molar-refractivity contribution in [2.75, 3.05) is 5.01 Å². The number of rotatable bonds is 4. The van der Waals surface area contributed by atoms with Crippen molar-refractivity contribution in [2.45, 2.75) is 6.92 Å². The highest BCUT2D eigenvalue weighted by molar-refractivity contribution is 5.98. The van der Waals surface area contributed by atoms with E-state index in [0.717, 1.165) is 22.2 Å². The number of anilines is 2. The van der Waals surface area contributed by atoms with Gasteiger partial charge in [0.25, 0.3) is 5.91 Å². The van der Waals surface area contributed by atoms with Gasteiger partial charge in [-0.15, -0.1) is 0 Å². The van der Waals surface area contributed by atoms with Crippen LogP contribution in [0.5, 0.6) is 0 Å². The maximum Gasteiger partial charge on any atom is 0.265 e. The number of nitrogens with one attached hydrogen (secondary N) is 1. The van der Waals surface area contributed by atoms with E-state index in [9.17, 15) is 4.79 Å². The Bertz CT molecular complexity index is 1140. The molecular weight excluding hydrogens is 342 g/mol. The molecule has 8 nitrogen and oxygen atoms in total. The SMILES string of the molecule is Cc1cc(N(N)c2nccc(-c3ccccn3)n2)cc2cc(C(N)=O)[nH]c12. The molecule has 8 heteroatoms. The van der Waals surface area contributed by atoms with E-state index in [2.05, 4.69) is 19.9 Å². The molecule has 0 aliphatic carbocycles. The van der Waals surface area contributed by atoms with Crippen LogP contribution in [0.2, 0.25) is 0 Å². The molecule has 3 heterocycles. The van der Waals surface area contributed by atoms with Crippen LogP contribution in [0.3, 0.4) is 0 Å². The lowest BCUT2D eigenvalue weighted by molar-refractivity contribution is 0.0996. The molecule has 0 aliphatic heterocycles. The molecule has 1 aromatic carbocycles. The third kappa shape index (κ3) is 3.09. The number of benzene rings is 1. The fourth-order valence-electron chi connectivity index (χ4n) is 2.91. The van der Waals surface area contributed by atoms with Crippen molar-refractivity contribution in [3.8, 4) is 11.4 Å². The number of aryl methyl sites for hydroxylation is 1. The largest absolute Gasteiger partial charge is 0.364 e. The van der Waals surface area contributed by atoms with Crippen LogP contribution in [0.25, 0.3) is 22.3 Å². The van der Waals surface area contributed by atoms with E-state index in [0.29, 0.717) is 23.0 Å². The number of hydrazine groups is 1. The molecule has 0 bridgehead atoms. The fourth-order valence-corrected chi connectivity index (χ4v) is 2.91. The third-order valence-electron chi connectivity index (χ3n) is 4.24. The number of H-pyrrole nitrogens is 1. The molecule has 3 aromatic heterocycles. The molecule has 0 atom stereocenters. The van der Waals surface area contributed by atoms with Gasteiger partial charge in [-0.05, 0) is 48.9 Å². The van der Waals surface area contributed by atoms with Gasteiger partial charge in [0.15, 0.2) is 0 Å². The summed E-state index contributed by atoms with van der Waals surface area (Å²) >= 11 is 0. The number of carbonyl (C=O) groups is 1. The summed E-state index contributed by atoms with van der Waals surface area (Å²) in [6.07, 6.45) is 3.34. The van der Waals surface area contributed by atoms with Crippen molar-refractivity contribution in [1.29, 1.82) is 0 Å². The molecule has 0 spiro atoms. The van der Waals surface area contributed by atoms with E-state index in [1.54, 1.807) is 24.5 Å². The van der Waals surface area contributed by atoms with Crippen molar-refractivity contribution in [3.63, 3.8) is 0 Å². The standard InChI is InChI=1S/C19H17N7O/c1-11-8-13(9-12-10-16(18(20)27)24-17(11)12)26(21)19-23-7-5-15(25-19)14-4-2-3-6-22-14/h2-10,24H,21H2,1H3,(H2,20,27). The van der Waals surface area contributed by atoms with E-state index >= 15 is 0 Å². The normalized spacial score (nSPS) is 10.9. The first-order valence-electron chi connectivity index (χ1n) is 8.25. The molecule has 27 heavy (non-hydrogen) atoms. The molecule has 5 N–H and O–H groups in total. The molecule has 134 valence electrons. The summed E-state index contributed by atoms with van der Waals surface area (Å²) in [5, 5.41) is 2.23. The number of amides is 1. The Morgan fingerprint density at radius 2 is 1.93 bits per heavy atom. The fraction of sp³-hybridized carbons (Fsp3) is 0.0526. The maximum atomic E-state index is 11.4. The lowest BCUT2D eigenvalue weighted by Gasteiger charge is -2.18. The van der Waals surface area contributed by atoms with Crippen LogP contribution in [0.15, 0.2) is 54.9 Å². The topological polar surface area (TPSA) is 127 Å². The lowest BCUT2D eigenvalue weighted by Crippen LogP contribution is -2.27. The Morgan fingerprint density at radius 3 is 2.67 bits per heavy atom. The number of pyridine rings is 1. The predicted molar refractivity (Wildman–Crippen MR) is 103 cm³/mol. The van der Waals surface area contributed by atoms with Gasteiger partial charge in [-0.25, -0.2) is 20.8 Å². The number of aromatic nitrogens is 4. The Balaban J connectivity index is 1.74. The number of carbonyl (C=O) groups excluding carboxylic acids is 1. The number of primary amides is 1. The van der Waals surface area contributed by atoms with E-state index < -0.39 is 5.91 Å². The quantitative estimate of drug-likeness (QED) is 0.379.